The molecule has 0 aliphatic heterocycles. The average Bonchev–Trinajstić information content (AvgIpc) is 3.23. The van der Waals surface area contributed by atoms with E-state index in [2.05, 4.69) is 29.7 Å². The van der Waals surface area contributed by atoms with E-state index in [1.165, 1.54) is 5.56 Å². The van der Waals surface area contributed by atoms with Gasteiger partial charge < -0.3 is 15.4 Å². The number of fused-ring (bicyclic) bond motifs is 1. The van der Waals surface area contributed by atoms with Gasteiger partial charge in [-0.3, -0.25) is 4.79 Å². The quantitative estimate of drug-likeness (QED) is 0.351. The van der Waals surface area contributed by atoms with E-state index in [0.29, 0.717) is 5.69 Å². The van der Waals surface area contributed by atoms with Gasteiger partial charge in [0.25, 0.3) is 0 Å². The number of benzene rings is 3. The Labute approximate surface area is 196 Å². The summed E-state index contributed by atoms with van der Waals surface area (Å²) in [4.78, 5) is 29.4. The van der Waals surface area contributed by atoms with Crippen LogP contribution < -0.4 is 10.6 Å². The molecule has 0 unspecified atom stereocenters. The highest BCUT2D eigenvalue weighted by Crippen LogP contribution is 2.31. The molecule has 7 heteroatoms. The number of rotatable bonds is 7. The van der Waals surface area contributed by atoms with E-state index < -0.39 is 12.1 Å². The molecule has 1 heterocycles. The third-order valence-electron chi connectivity index (χ3n) is 5.12. The van der Waals surface area contributed by atoms with Crippen LogP contribution in [0.1, 0.15) is 30.5 Å². The number of thiazole rings is 1. The van der Waals surface area contributed by atoms with Crippen molar-refractivity contribution < 1.29 is 14.3 Å². The molecule has 0 saturated heterocycles. The molecule has 6 nitrogen and oxygen atoms in total. The lowest BCUT2D eigenvalue weighted by atomic mass is 10.0. The van der Waals surface area contributed by atoms with E-state index in [9.17, 15) is 9.59 Å². The van der Waals surface area contributed by atoms with Crippen molar-refractivity contribution in [1.29, 1.82) is 0 Å². The second-order valence-corrected chi connectivity index (χ2v) is 8.68. The molecule has 0 spiro atoms. The molecular formula is C26H25N3O3S. The van der Waals surface area contributed by atoms with Gasteiger partial charge in [0.15, 0.2) is 0 Å². The zero-order valence-electron chi connectivity index (χ0n) is 18.5. The minimum Gasteiger partial charge on any atom is -0.450 e. The van der Waals surface area contributed by atoms with Crippen molar-refractivity contribution in [3.05, 3.63) is 83.9 Å². The topological polar surface area (TPSA) is 80.3 Å². The second-order valence-electron chi connectivity index (χ2n) is 7.65. The van der Waals surface area contributed by atoms with Gasteiger partial charge in [-0.1, -0.05) is 36.4 Å². The predicted octanol–water partition coefficient (Wildman–Crippen LogP) is 6.09. The van der Waals surface area contributed by atoms with Crippen LogP contribution in [0.3, 0.4) is 0 Å². The number of hydrogen-bond acceptors (Lipinski definition) is 5. The number of alkyl carbamates (subject to hydrolysis) is 1. The number of nitrogens with zero attached hydrogens (tertiary/aromatic N) is 1. The molecule has 4 rings (SSSR count). The van der Waals surface area contributed by atoms with Crippen molar-refractivity contribution >= 4 is 39.2 Å². The van der Waals surface area contributed by atoms with Crippen molar-refractivity contribution in [2.24, 2.45) is 0 Å². The summed E-state index contributed by atoms with van der Waals surface area (Å²) in [5, 5.41) is 6.62. The van der Waals surface area contributed by atoms with E-state index in [1.54, 1.807) is 18.3 Å². The smallest absolute Gasteiger partial charge is 0.407 e. The lowest BCUT2D eigenvalue weighted by molar-refractivity contribution is -0.116. The SMILES string of the molecule is CCOC(=O)N[C@H](CC(=O)Nc1ccc(-c2nc3ccc(C)cc3s2)cc1)c1ccccc1. The van der Waals surface area contributed by atoms with Crippen LogP contribution in [-0.4, -0.2) is 23.6 Å². The van der Waals surface area contributed by atoms with Gasteiger partial charge in [0.2, 0.25) is 5.91 Å². The molecule has 168 valence electrons. The minimum atomic E-state index is -0.547. The first-order valence-electron chi connectivity index (χ1n) is 10.8. The summed E-state index contributed by atoms with van der Waals surface area (Å²) < 4.78 is 6.15. The summed E-state index contributed by atoms with van der Waals surface area (Å²) in [5.41, 5.74) is 4.71. The van der Waals surface area contributed by atoms with Crippen LogP contribution in [0.2, 0.25) is 0 Å². The molecule has 2 amide bonds. The molecule has 0 saturated carbocycles. The summed E-state index contributed by atoms with van der Waals surface area (Å²) in [6.07, 6.45) is -0.462. The van der Waals surface area contributed by atoms with Crippen molar-refractivity contribution in [2.75, 3.05) is 11.9 Å². The fourth-order valence-corrected chi connectivity index (χ4v) is 4.57. The average molecular weight is 460 g/mol. The Kier molecular flexibility index (Phi) is 7.00. The fraction of sp³-hybridized carbons (Fsp3) is 0.192. The molecule has 0 aliphatic carbocycles. The molecule has 3 aromatic carbocycles. The molecule has 0 aliphatic rings. The van der Waals surface area contributed by atoms with Crippen LogP contribution in [0, 0.1) is 6.92 Å². The summed E-state index contributed by atoms with van der Waals surface area (Å²) in [6.45, 7) is 4.07. The van der Waals surface area contributed by atoms with Gasteiger partial charge in [-0.15, -0.1) is 11.3 Å². The lowest BCUT2D eigenvalue weighted by Crippen LogP contribution is -2.32. The number of carbonyl (C=O) groups is 2. The summed E-state index contributed by atoms with van der Waals surface area (Å²) in [7, 11) is 0. The van der Waals surface area contributed by atoms with Gasteiger partial charge in [-0.05, 0) is 61.4 Å². The van der Waals surface area contributed by atoms with Crippen LogP contribution >= 0.6 is 11.3 Å². The van der Waals surface area contributed by atoms with Crippen LogP contribution in [0.25, 0.3) is 20.8 Å². The largest absolute Gasteiger partial charge is 0.450 e. The van der Waals surface area contributed by atoms with Gasteiger partial charge in [0.05, 0.1) is 29.3 Å². The maximum Gasteiger partial charge on any atom is 0.407 e. The van der Waals surface area contributed by atoms with Gasteiger partial charge in [-0.25, -0.2) is 9.78 Å². The highest BCUT2D eigenvalue weighted by atomic mass is 32.1. The zero-order chi connectivity index (χ0) is 23.2. The number of hydrogen-bond donors (Lipinski definition) is 2. The van der Waals surface area contributed by atoms with Gasteiger partial charge in [-0.2, -0.15) is 0 Å². The van der Waals surface area contributed by atoms with E-state index in [4.69, 9.17) is 9.72 Å². The number of ether oxygens (including phenoxy) is 1. The Morgan fingerprint density at radius 1 is 1.03 bits per heavy atom. The number of nitrogens with one attached hydrogen (secondary N) is 2. The van der Waals surface area contributed by atoms with E-state index in [0.717, 1.165) is 26.4 Å². The van der Waals surface area contributed by atoms with E-state index >= 15 is 0 Å². The molecule has 0 radical (unpaired) electrons. The van der Waals surface area contributed by atoms with E-state index in [-0.39, 0.29) is 18.9 Å². The molecule has 33 heavy (non-hydrogen) atoms. The van der Waals surface area contributed by atoms with Crippen molar-refractivity contribution in [3.63, 3.8) is 0 Å². The molecular weight excluding hydrogens is 434 g/mol. The zero-order valence-corrected chi connectivity index (χ0v) is 19.3. The maximum atomic E-state index is 12.7. The molecule has 2 N–H and O–H groups in total. The number of aryl methyl sites for hydroxylation is 1. The monoisotopic (exact) mass is 459 g/mol. The number of amides is 2. The molecule has 1 aromatic heterocycles. The van der Waals surface area contributed by atoms with E-state index in [1.807, 2.05) is 60.7 Å². The Morgan fingerprint density at radius 2 is 1.79 bits per heavy atom. The normalized spacial score (nSPS) is 11.7. The Balaban J connectivity index is 1.43. The highest BCUT2D eigenvalue weighted by molar-refractivity contribution is 7.21. The summed E-state index contributed by atoms with van der Waals surface area (Å²) in [6, 6.07) is 22.7. The maximum absolute atomic E-state index is 12.7. The Hall–Kier alpha value is -3.71. The second kappa shape index (κ2) is 10.3. The van der Waals surface area contributed by atoms with Crippen LogP contribution in [0.5, 0.6) is 0 Å². The van der Waals surface area contributed by atoms with Crippen LogP contribution in [0.15, 0.2) is 72.8 Å². The first kappa shape index (κ1) is 22.5. The summed E-state index contributed by atoms with van der Waals surface area (Å²) in [5.74, 6) is -0.205. The molecule has 1 atom stereocenters. The Morgan fingerprint density at radius 3 is 2.52 bits per heavy atom. The van der Waals surface area contributed by atoms with Crippen molar-refractivity contribution in [1.82, 2.24) is 10.3 Å². The van der Waals surface area contributed by atoms with Crippen LogP contribution in [-0.2, 0) is 9.53 Å². The third kappa shape index (κ3) is 5.75. The summed E-state index contributed by atoms with van der Waals surface area (Å²) >= 11 is 1.65. The predicted molar refractivity (Wildman–Crippen MR) is 132 cm³/mol. The first-order chi connectivity index (χ1) is 16.0. The highest BCUT2D eigenvalue weighted by Gasteiger charge is 2.19. The fourth-order valence-electron chi connectivity index (χ4n) is 3.50. The van der Waals surface area contributed by atoms with Gasteiger partial charge in [0.1, 0.15) is 5.01 Å². The third-order valence-corrected chi connectivity index (χ3v) is 6.19. The molecule has 4 aromatic rings. The Bertz CT molecular complexity index is 1250. The first-order valence-corrected chi connectivity index (χ1v) is 11.6. The van der Waals surface area contributed by atoms with Gasteiger partial charge >= 0.3 is 6.09 Å². The number of aromatic nitrogens is 1. The number of anilines is 1. The van der Waals surface area contributed by atoms with Crippen LogP contribution in [0.4, 0.5) is 10.5 Å². The van der Waals surface area contributed by atoms with Crippen molar-refractivity contribution in [3.8, 4) is 10.6 Å². The van der Waals surface area contributed by atoms with Crippen molar-refractivity contribution in [2.45, 2.75) is 26.3 Å². The number of carbonyl (C=O) groups excluding carboxylic acids is 2. The minimum absolute atomic E-state index is 0.0851. The molecule has 0 fully saturated rings. The lowest BCUT2D eigenvalue weighted by Gasteiger charge is -2.18. The standard InChI is InChI=1S/C26H25N3O3S/c1-3-32-26(31)29-22(18-7-5-4-6-8-18)16-24(30)27-20-12-10-19(11-13-20)25-28-21-14-9-17(2)15-23(21)33-25/h4-15,22H,3,16H2,1-2H3,(H,27,30)(H,29,31)/t22-/m1/s1. The van der Waals surface area contributed by atoms with Gasteiger partial charge in [0, 0.05) is 11.3 Å². The molecule has 0 bridgehead atoms.